The molecule has 0 aliphatic carbocycles. The van der Waals surface area contributed by atoms with Crippen LogP contribution in [0.3, 0.4) is 0 Å². The highest BCUT2D eigenvalue weighted by Crippen LogP contribution is 2.25. The highest BCUT2D eigenvalue weighted by Gasteiger charge is 2.18. The van der Waals surface area contributed by atoms with E-state index in [0.717, 1.165) is 11.1 Å². The smallest absolute Gasteiger partial charge is 0.338 e. The second kappa shape index (κ2) is 8.31. The number of imide groups is 1. The maximum atomic E-state index is 12.2. The van der Waals surface area contributed by atoms with Gasteiger partial charge in [0.15, 0.2) is 6.61 Å². The van der Waals surface area contributed by atoms with Crippen LogP contribution in [0, 0.1) is 0 Å². The van der Waals surface area contributed by atoms with Crippen molar-refractivity contribution in [3.63, 3.8) is 0 Å². The maximum absolute atomic E-state index is 12.2. The molecule has 0 atom stereocenters. The van der Waals surface area contributed by atoms with Gasteiger partial charge in [0.25, 0.3) is 5.91 Å². The van der Waals surface area contributed by atoms with E-state index in [1.165, 1.54) is 7.05 Å². The van der Waals surface area contributed by atoms with Crippen molar-refractivity contribution in [2.75, 3.05) is 13.7 Å². The normalized spacial score (nSPS) is 10.6. The van der Waals surface area contributed by atoms with Crippen molar-refractivity contribution < 1.29 is 19.1 Å². The first-order chi connectivity index (χ1) is 10.8. The Labute approximate surface area is 136 Å². The van der Waals surface area contributed by atoms with Crippen LogP contribution in [0.5, 0.6) is 0 Å². The van der Waals surface area contributed by atoms with Gasteiger partial charge in [-0.3, -0.25) is 10.1 Å². The number of carbonyl (C=O) groups excluding carboxylic acids is 3. The van der Waals surface area contributed by atoms with E-state index in [1.807, 2.05) is 31.3 Å². The van der Waals surface area contributed by atoms with Crippen molar-refractivity contribution in [3.05, 3.63) is 34.9 Å². The minimum absolute atomic E-state index is 0.149. The summed E-state index contributed by atoms with van der Waals surface area (Å²) in [4.78, 5) is 34.7. The summed E-state index contributed by atoms with van der Waals surface area (Å²) in [5.74, 6) is -0.745. The molecule has 0 fully saturated rings. The summed E-state index contributed by atoms with van der Waals surface area (Å²) in [6.07, 6.45) is 0. The second-order valence-electron chi connectivity index (χ2n) is 5.86. The zero-order valence-corrected chi connectivity index (χ0v) is 14.2. The highest BCUT2D eigenvalue weighted by atomic mass is 16.5. The summed E-state index contributed by atoms with van der Waals surface area (Å²) in [7, 11) is 1.39. The Kier molecular flexibility index (Phi) is 6.75. The first kappa shape index (κ1) is 18.7. The number of hydrogen-bond donors (Lipinski definition) is 2. The molecule has 0 aromatic heterocycles. The van der Waals surface area contributed by atoms with Gasteiger partial charge < -0.3 is 10.1 Å². The second-order valence-corrected chi connectivity index (χ2v) is 5.86. The van der Waals surface area contributed by atoms with Crippen molar-refractivity contribution in [3.8, 4) is 0 Å². The molecule has 0 saturated carbocycles. The van der Waals surface area contributed by atoms with Crippen LogP contribution in [-0.4, -0.2) is 31.6 Å². The van der Waals surface area contributed by atoms with E-state index in [-0.39, 0.29) is 5.92 Å². The monoisotopic (exact) mass is 320 g/mol. The van der Waals surface area contributed by atoms with Gasteiger partial charge in [-0.05, 0) is 29.0 Å². The fraction of sp³-hybridized carbons (Fsp3) is 0.471. The molecule has 1 rings (SSSR count). The van der Waals surface area contributed by atoms with Gasteiger partial charge in [-0.15, -0.1) is 0 Å². The van der Waals surface area contributed by atoms with Gasteiger partial charge in [-0.2, -0.15) is 0 Å². The fourth-order valence-electron chi connectivity index (χ4n) is 2.04. The van der Waals surface area contributed by atoms with Gasteiger partial charge >= 0.3 is 12.0 Å². The minimum Gasteiger partial charge on any atom is -0.452 e. The Morgan fingerprint density at radius 2 is 1.74 bits per heavy atom. The Morgan fingerprint density at radius 3 is 2.26 bits per heavy atom. The lowest BCUT2D eigenvalue weighted by molar-refractivity contribution is -0.123. The molecule has 0 unspecified atom stereocenters. The van der Waals surface area contributed by atoms with E-state index in [2.05, 4.69) is 19.2 Å². The Morgan fingerprint density at radius 1 is 1.09 bits per heavy atom. The van der Waals surface area contributed by atoms with Gasteiger partial charge in [-0.25, -0.2) is 9.59 Å². The molecule has 2 N–H and O–H groups in total. The SMILES string of the molecule is CNC(=O)NC(=O)COC(=O)c1ccc(C(C)C)cc1C(C)C. The average Bonchev–Trinajstić information content (AvgIpc) is 2.51. The molecule has 23 heavy (non-hydrogen) atoms. The first-order valence-electron chi connectivity index (χ1n) is 7.58. The molecule has 1 aromatic carbocycles. The van der Waals surface area contributed by atoms with E-state index in [0.29, 0.717) is 11.5 Å². The van der Waals surface area contributed by atoms with Crippen molar-refractivity contribution in [1.29, 1.82) is 0 Å². The van der Waals surface area contributed by atoms with Crippen molar-refractivity contribution in [2.45, 2.75) is 39.5 Å². The van der Waals surface area contributed by atoms with Gasteiger partial charge in [0.2, 0.25) is 0 Å². The Balaban J connectivity index is 2.83. The third kappa shape index (κ3) is 5.39. The fourth-order valence-corrected chi connectivity index (χ4v) is 2.04. The molecule has 3 amide bonds. The number of ether oxygens (including phenoxy) is 1. The van der Waals surface area contributed by atoms with Crippen molar-refractivity contribution in [2.24, 2.45) is 0 Å². The number of benzene rings is 1. The standard InChI is InChI=1S/C17H24N2O4/c1-10(2)12-6-7-13(14(8-12)11(3)4)16(21)23-9-15(20)19-17(22)18-5/h6-8,10-11H,9H2,1-5H3,(H2,18,19,20,22). The number of nitrogens with one attached hydrogen (secondary N) is 2. The van der Waals surface area contributed by atoms with Gasteiger partial charge in [-0.1, -0.05) is 39.8 Å². The molecule has 0 bridgehead atoms. The minimum atomic E-state index is -0.678. The third-order valence-electron chi connectivity index (χ3n) is 3.40. The maximum Gasteiger partial charge on any atom is 0.338 e. The summed E-state index contributed by atoms with van der Waals surface area (Å²) >= 11 is 0. The quantitative estimate of drug-likeness (QED) is 0.817. The Bertz CT molecular complexity index is 594. The topological polar surface area (TPSA) is 84.5 Å². The van der Waals surface area contributed by atoms with Crippen LogP contribution < -0.4 is 10.6 Å². The van der Waals surface area contributed by atoms with Crippen LogP contribution in [0.25, 0.3) is 0 Å². The van der Waals surface area contributed by atoms with E-state index in [9.17, 15) is 14.4 Å². The number of hydrogen-bond acceptors (Lipinski definition) is 4. The summed E-state index contributed by atoms with van der Waals surface area (Å²) in [6.45, 7) is 7.65. The molecular formula is C17H24N2O4. The highest BCUT2D eigenvalue weighted by molar-refractivity contribution is 5.97. The van der Waals surface area contributed by atoms with E-state index in [1.54, 1.807) is 6.07 Å². The van der Waals surface area contributed by atoms with Crippen molar-refractivity contribution in [1.82, 2.24) is 10.6 Å². The van der Waals surface area contributed by atoms with Crippen LogP contribution in [0.15, 0.2) is 18.2 Å². The molecule has 0 heterocycles. The summed E-state index contributed by atoms with van der Waals surface area (Å²) in [5, 5.41) is 4.28. The molecule has 0 radical (unpaired) electrons. The zero-order valence-electron chi connectivity index (χ0n) is 14.2. The van der Waals surface area contributed by atoms with Crippen LogP contribution in [-0.2, 0) is 9.53 Å². The molecule has 6 nitrogen and oxygen atoms in total. The van der Waals surface area contributed by atoms with Crippen molar-refractivity contribution >= 4 is 17.9 Å². The zero-order chi connectivity index (χ0) is 17.6. The van der Waals surface area contributed by atoms with Crippen LogP contribution in [0.1, 0.15) is 61.0 Å². The molecule has 0 aliphatic heterocycles. The van der Waals surface area contributed by atoms with Crippen LogP contribution >= 0.6 is 0 Å². The molecule has 0 aliphatic rings. The predicted octanol–water partition coefficient (Wildman–Crippen LogP) is 2.55. The lowest BCUT2D eigenvalue weighted by atomic mass is 9.91. The number of esters is 1. The lowest BCUT2D eigenvalue weighted by Crippen LogP contribution is -2.39. The number of rotatable bonds is 5. The van der Waals surface area contributed by atoms with E-state index < -0.39 is 24.5 Å². The number of urea groups is 1. The molecule has 0 saturated heterocycles. The molecule has 0 spiro atoms. The van der Waals surface area contributed by atoms with E-state index in [4.69, 9.17) is 4.74 Å². The van der Waals surface area contributed by atoms with Gasteiger partial charge in [0, 0.05) is 7.05 Å². The first-order valence-corrected chi connectivity index (χ1v) is 7.58. The lowest BCUT2D eigenvalue weighted by Gasteiger charge is -2.15. The number of carbonyl (C=O) groups is 3. The van der Waals surface area contributed by atoms with Gasteiger partial charge in [0.1, 0.15) is 0 Å². The van der Waals surface area contributed by atoms with Crippen LogP contribution in [0.4, 0.5) is 4.79 Å². The molecule has 126 valence electrons. The van der Waals surface area contributed by atoms with E-state index >= 15 is 0 Å². The molecule has 1 aromatic rings. The summed E-state index contributed by atoms with van der Waals surface area (Å²) in [6, 6.07) is 4.97. The summed E-state index contributed by atoms with van der Waals surface area (Å²) < 4.78 is 5.00. The summed E-state index contributed by atoms with van der Waals surface area (Å²) in [5.41, 5.74) is 2.47. The average molecular weight is 320 g/mol. The Hall–Kier alpha value is -2.37. The largest absolute Gasteiger partial charge is 0.452 e. The third-order valence-corrected chi connectivity index (χ3v) is 3.40. The van der Waals surface area contributed by atoms with Gasteiger partial charge in [0.05, 0.1) is 5.56 Å². The van der Waals surface area contributed by atoms with Crippen LogP contribution in [0.2, 0.25) is 0 Å². The molecular weight excluding hydrogens is 296 g/mol. The number of amides is 3. The molecule has 6 heteroatoms. The predicted molar refractivity (Wildman–Crippen MR) is 87.5 cm³/mol.